The zero-order valence-corrected chi connectivity index (χ0v) is 20.1. The number of anilines is 3. The second-order valence-corrected chi connectivity index (χ2v) is 8.33. The van der Waals surface area contributed by atoms with Gasteiger partial charge in [-0.3, -0.25) is 14.4 Å². The maximum absolute atomic E-state index is 12.7. The molecule has 3 aromatic carbocycles. The third kappa shape index (κ3) is 6.32. The Balaban J connectivity index is 1.62. The summed E-state index contributed by atoms with van der Waals surface area (Å²) in [7, 11) is 0. The van der Waals surface area contributed by atoms with Gasteiger partial charge in [-0.15, -0.1) is 0 Å². The molecular weight excluding hydrogens is 462 g/mol. The number of carbonyl (C=O) groups excluding carboxylic acids is 3. The molecule has 9 heteroatoms. The van der Waals surface area contributed by atoms with Crippen LogP contribution in [-0.2, 0) is 14.4 Å². The number of fused-ring (bicyclic) bond motifs is 6. The summed E-state index contributed by atoms with van der Waals surface area (Å²) in [4.78, 5) is 38.1. The van der Waals surface area contributed by atoms with Gasteiger partial charge in [-0.25, -0.2) is 0 Å². The predicted octanol–water partition coefficient (Wildman–Crippen LogP) is 4.22. The van der Waals surface area contributed by atoms with Crippen LogP contribution in [0.15, 0.2) is 72.8 Å². The monoisotopic (exact) mass is 489 g/mol. The lowest BCUT2D eigenvalue weighted by Crippen LogP contribution is -2.31. The van der Waals surface area contributed by atoms with Crippen LogP contribution in [0.2, 0.25) is 0 Å². The molecule has 1 heterocycles. The summed E-state index contributed by atoms with van der Waals surface area (Å²) in [6.45, 7) is 4.85. The Kier molecular flexibility index (Phi) is 7.39. The molecule has 0 fully saturated rings. The molecule has 186 valence electrons. The maximum Gasteiger partial charge on any atom is 0.265 e. The summed E-state index contributed by atoms with van der Waals surface area (Å²) in [5.74, 6) is 0.119. The molecule has 0 radical (unpaired) electrons. The molecule has 0 aromatic heterocycles. The second kappa shape index (κ2) is 10.8. The fraction of sp³-hybridized carbons (Fsp3) is 0.222. The second-order valence-electron chi connectivity index (χ2n) is 8.33. The Morgan fingerprint density at radius 2 is 0.778 bits per heavy atom. The summed E-state index contributed by atoms with van der Waals surface area (Å²) >= 11 is 0. The largest absolute Gasteiger partial charge is 0.481 e. The van der Waals surface area contributed by atoms with E-state index in [4.69, 9.17) is 14.2 Å². The van der Waals surface area contributed by atoms with Crippen LogP contribution in [0.5, 0.6) is 17.2 Å². The molecule has 0 aliphatic carbocycles. The van der Waals surface area contributed by atoms with Crippen LogP contribution in [-0.4, -0.2) is 36.0 Å². The third-order valence-corrected chi connectivity index (χ3v) is 5.35. The van der Waals surface area contributed by atoms with Crippen molar-refractivity contribution in [2.24, 2.45) is 0 Å². The third-order valence-electron chi connectivity index (χ3n) is 5.35. The average Bonchev–Trinajstić information content (AvgIpc) is 2.84. The van der Waals surface area contributed by atoms with Gasteiger partial charge >= 0.3 is 0 Å². The zero-order chi connectivity index (χ0) is 25.7. The highest BCUT2D eigenvalue weighted by atomic mass is 16.5. The SMILES string of the molecule is CC1Oc2cccc(c2)NC(=O)C(C)Oc2cccc(c2)NC(=O)C(C)Oc2cccc(c2)NC1=O. The van der Waals surface area contributed by atoms with Crippen molar-refractivity contribution in [3.8, 4) is 17.2 Å². The van der Waals surface area contributed by atoms with Crippen LogP contribution in [0, 0.1) is 0 Å². The molecule has 1 aliphatic heterocycles. The molecule has 6 bridgehead atoms. The van der Waals surface area contributed by atoms with Crippen LogP contribution in [0.1, 0.15) is 20.8 Å². The first kappa shape index (κ1) is 24.6. The molecule has 0 spiro atoms. The number of rotatable bonds is 0. The van der Waals surface area contributed by atoms with E-state index in [9.17, 15) is 14.4 Å². The van der Waals surface area contributed by atoms with E-state index in [1.54, 1.807) is 93.6 Å². The van der Waals surface area contributed by atoms with Crippen molar-refractivity contribution >= 4 is 34.8 Å². The number of ether oxygens (including phenoxy) is 3. The Hall–Kier alpha value is -4.53. The summed E-state index contributed by atoms with van der Waals surface area (Å²) in [6.07, 6.45) is -2.48. The van der Waals surface area contributed by atoms with Gasteiger partial charge in [-0.1, -0.05) is 18.2 Å². The van der Waals surface area contributed by atoms with Crippen LogP contribution < -0.4 is 30.2 Å². The molecule has 0 saturated carbocycles. The first-order valence-electron chi connectivity index (χ1n) is 11.5. The van der Waals surface area contributed by atoms with Gasteiger partial charge in [0, 0.05) is 35.3 Å². The Morgan fingerprint density at radius 3 is 1.06 bits per heavy atom. The highest BCUT2D eigenvalue weighted by molar-refractivity contribution is 5.96. The molecule has 3 unspecified atom stereocenters. The van der Waals surface area contributed by atoms with Gasteiger partial charge < -0.3 is 30.2 Å². The predicted molar refractivity (Wildman–Crippen MR) is 135 cm³/mol. The van der Waals surface area contributed by atoms with Crippen molar-refractivity contribution in [1.29, 1.82) is 0 Å². The van der Waals surface area contributed by atoms with Gasteiger partial charge in [0.1, 0.15) is 17.2 Å². The molecule has 3 amide bonds. The highest BCUT2D eigenvalue weighted by Gasteiger charge is 2.20. The van der Waals surface area contributed by atoms with E-state index in [-0.39, 0.29) is 17.7 Å². The molecule has 4 rings (SSSR count). The molecule has 36 heavy (non-hydrogen) atoms. The Labute approximate surface area is 208 Å². The molecule has 3 N–H and O–H groups in total. The molecule has 1 aliphatic rings. The number of amides is 3. The van der Waals surface area contributed by atoms with Crippen LogP contribution in [0.25, 0.3) is 0 Å². The lowest BCUT2D eigenvalue weighted by molar-refractivity contribution is -0.122. The fourth-order valence-electron chi connectivity index (χ4n) is 3.45. The minimum absolute atomic E-state index is 0.375. The summed E-state index contributed by atoms with van der Waals surface area (Å²) in [5, 5.41) is 8.35. The van der Waals surface area contributed by atoms with Crippen LogP contribution in [0.3, 0.4) is 0 Å². The van der Waals surface area contributed by atoms with Crippen LogP contribution in [0.4, 0.5) is 17.1 Å². The van der Waals surface area contributed by atoms with Crippen molar-refractivity contribution in [3.05, 3.63) is 72.8 Å². The normalized spacial score (nSPS) is 20.8. The van der Waals surface area contributed by atoms with E-state index < -0.39 is 18.3 Å². The van der Waals surface area contributed by atoms with Gasteiger partial charge in [-0.05, 0) is 57.2 Å². The average molecular weight is 490 g/mol. The number of nitrogens with one attached hydrogen (secondary N) is 3. The van der Waals surface area contributed by atoms with Crippen molar-refractivity contribution in [3.63, 3.8) is 0 Å². The van der Waals surface area contributed by atoms with Gasteiger partial charge in [-0.2, -0.15) is 0 Å². The van der Waals surface area contributed by atoms with Crippen molar-refractivity contribution < 1.29 is 28.6 Å². The highest BCUT2D eigenvalue weighted by Crippen LogP contribution is 2.23. The maximum atomic E-state index is 12.7. The van der Waals surface area contributed by atoms with Gasteiger partial charge in [0.15, 0.2) is 18.3 Å². The Morgan fingerprint density at radius 1 is 0.500 bits per heavy atom. The summed E-state index contributed by atoms with van der Waals surface area (Å²) in [6, 6.07) is 20.2. The van der Waals surface area contributed by atoms with E-state index in [0.717, 1.165) is 0 Å². The molecule has 9 nitrogen and oxygen atoms in total. The zero-order valence-electron chi connectivity index (χ0n) is 20.1. The number of carbonyl (C=O) groups is 3. The Bertz CT molecular complexity index is 1120. The summed E-state index contributed by atoms with van der Waals surface area (Å²) in [5.41, 5.74) is 1.48. The minimum Gasteiger partial charge on any atom is -0.481 e. The molecule has 3 aromatic rings. The topological polar surface area (TPSA) is 115 Å². The van der Waals surface area contributed by atoms with Crippen LogP contribution >= 0.6 is 0 Å². The fourth-order valence-corrected chi connectivity index (χ4v) is 3.45. The summed E-state index contributed by atoms with van der Waals surface area (Å²) < 4.78 is 17.3. The van der Waals surface area contributed by atoms with Gasteiger partial charge in [0.2, 0.25) is 0 Å². The van der Waals surface area contributed by atoms with Crippen molar-refractivity contribution in [2.75, 3.05) is 16.0 Å². The molecule has 0 saturated heterocycles. The number of benzene rings is 3. The minimum atomic E-state index is -0.826. The standard InChI is InChI=1S/C27H27N3O6/c1-16-25(31)28-19-7-5-11-23(14-19)35-18(3)27(33)30-21-9-6-12-24(15-21)36-17(2)26(32)29-20-8-4-10-22(13-20)34-16/h4-18H,1-3H3,(H,28,31)(H,29,32)(H,30,33). The number of hydrogen-bond acceptors (Lipinski definition) is 6. The van der Waals surface area contributed by atoms with Crippen molar-refractivity contribution in [2.45, 2.75) is 39.1 Å². The van der Waals surface area contributed by atoms with E-state index in [1.807, 2.05) is 0 Å². The van der Waals surface area contributed by atoms with Gasteiger partial charge in [0.05, 0.1) is 0 Å². The van der Waals surface area contributed by atoms with Gasteiger partial charge in [0.25, 0.3) is 17.7 Å². The van der Waals surface area contributed by atoms with Crippen molar-refractivity contribution in [1.82, 2.24) is 0 Å². The smallest absolute Gasteiger partial charge is 0.265 e. The number of hydrogen-bond donors (Lipinski definition) is 3. The van der Waals surface area contributed by atoms with E-state index in [2.05, 4.69) is 16.0 Å². The van der Waals surface area contributed by atoms with E-state index >= 15 is 0 Å². The molecule has 3 atom stereocenters. The van der Waals surface area contributed by atoms with E-state index in [1.165, 1.54) is 0 Å². The van der Waals surface area contributed by atoms with E-state index in [0.29, 0.717) is 34.3 Å². The first-order chi connectivity index (χ1) is 17.3. The quantitative estimate of drug-likeness (QED) is 0.436. The first-order valence-corrected chi connectivity index (χ1v) is 11.5. The lowest BCUT2D eigenvalue weighted by Gasteiger charge is -2.17. The molecular formula is C27H27N3O6. The lowest BCUT2D eigenvalue weighted by atomic mass is 10.2.